The van der Waals surface area contributed by atoms with Gasteiger partial charge < -0.3 is 19.5 Å². The summed E-state index contributed by atoms with van der Waals surface area (Å²) < 4.78 is 87.9. The zero-order chi connectivity index (χ0) is 30.6. The number of benzene rings is 1. The van der Waals surface area contributed by atoms with Crippen molar-refractivity contribution < 1.29 is 31.1 Å². The second kappa shape index (κ2) is 10.4. The Morgan fingerprint density at radius 3 is 2.11 bits per heavy atom. The van der Waals surface area contributed by atoms with Crippen LogP contribution >= 0.6 is 0 Å². The fourth-order valence-corrected chi connectivity index (χ4v) is 5.56. The van der Waals surface area contributed by atoms with E-state index in [-0.39, 0.29) is 19.0 Å². The summed E-state index contributed by atoms with van der Waals surface area (Å²) in [5, 5.41) is 9.14. The van der Waals surface area contributed by atoms with Crippen LogP contribution in [0.15, 0.2) is 49.1 Å². The van der Waals surface area contributed by atoms with E-state index >= 15 is 0 Å². The number of nitrogens with zero attached hydrogens (tertiary/aromatic N) is 9. The van der Waals surface area contributed by atoms with E-state index in [0.717, 1.165) is 10.9 Å². The van der Waals surface area contributed by atoms with Gasteiger partial charge in [-0.05, 0) is 36.2 Å². The van der Waals surface area contributed by atoms with E-state index in [2.05, 4.69) is 35.1 Å². The molecule has 44 heavy (non-hydrogen) atoms. The average Bonchev–Trinajstić information content (AvgIpc) is 3.68. The van der Waals surface area contributed by atoms with Crippen molar-refractivity contribution in [3.8, 4) is 5.69 Å². The van der Waals surface area contributed by atoms with Crippen LogP contribution in [0.2, 0.25) is 0 Å². The van der Waals surface area contributed by atoms with Gasteiger partial charge in [0, 0.05) is 54.2 Å². The lowest BCUT2D eigenvalue weighted by Gasteiger charge is -2.36. The van der Waals surface area contributed by atoms with Crippen LogP contribution in [0.1, 0.15) is 34.3 Å². The van der Waals surface area contributed by atoms with E-state index in [9.17, 15) is 26.3 Å². The third-order valence-corrected chi connectivity index (χ3v) is 7.58. The van der Waals surface area contributed by atoms with Gasteiger partial charge in [-0.25, -0.2) is 19.9 Å². The third-order valence-electron chi connectivity index (χ3n) is 7.58. The Kier molecular flexibility index (Phi) is 6.64. The summed E-state index contributed by atoms with van der Waals surface area (Å²) in [5.41, 5.74) is -0.178. The van der Waals surface area contributed by atoms with Crippen molar-refractivity contribution >= 4 is 22.8 Å². The summed E-state index contributed by atoms with van der Waals surface area (Å²) >= 11 is 0. The Labute approximate surface area is 244 Å². The SMILES string of the molecule is FC(F)(F)c1cc(C(F)(F)F)nc(N2CCc3c([nH]c4ccc(-n5nccn5)cc34)C2c2cnc(N3CCOCC3)nc2)n1. The van der Waals surface area contributed by atoms with Crippen LogP contribution in [0.5, 0.6) is 0 Å². The molecule has 1 N–H and O–H groups in total. The summed E-state index contributed by atoms with van der Waals surface area (Å²) in [5.74, 6) is -0.275. The molecule has 0 saturated carbocycles. The van der Waals surface area contributed by atoms with Crippen molar-refractivity contribution in [1.82, 2.24) is 39.9 Å². The number of hydrogen-bond acceptors (Lipinski definition) is 9. The fraction of sp³-hybridized carbons (Fsp3) is 0.333. The van der Waals surface area contributed by atoms with Gasteiger partial charge >= 0.3 is 12.4 Å². The summed E-state index contributed by atoms with van der Waals surface area (Å²) in [4.78, 5) is 24.2. The molecule has 11 nitrogen and oxygen atoms in total. The van der Waals surface area contributed by atoms with Gasteiger partial charge in [0.25, 0.3) is 0 Å². The molecule has 0 bridgehead atoms. The summed E-state index contributed by atoms with van der Waals surface area (Å²) in [6.07, 6.45) is -3.87. The van der Waals surface area contributed by atoms with Crippen LogP contribution in [0.4, 0.5) is 38.2 Å². The Morgan fingerprint density at radius 2 is 1.48 bits per heavy atom. The molecule has 0 radical (unpaired) electrons. The lowest BCUT2D eigenvalue weighted by molar-refractivity contribution is -0.147. The smallest absolute Gasteiger partial charge is 0.378 e. The number of anilines is 2. The number of hydrogen-bond donors (Lipinski definition) is 1. The second-order valence-corrected chi connectivity index (χ2v) is 10.3. The molecule has 6 heterocycles. The maximum atomic E-state index is 13.7. The maximum absolute atomic E-state index is 13.7. The highest BCUT2D eigenvalue weighted by atomic mass is 19.4. The van der Waals surface area contributed by atoms with Crippen molar-refractivity contribution in [3.63, 3.8) is 0 Å². The van der Waals surface area contributed by atoms with E-state index in [4.69, 9.17) is 4.74 Å². The molecule has 17 heteroatoms. The van der Waals surface area contributed by atoms with Crippen molar-refractivity contribution in [2.75, 3.05) is 42.6 Å². The molecule has 1 saturated heterocycles. The van der Waals surface area contributed by atoms with Crippen LogP contribution in [0.25, 0.3) is 16.6 Å². The molecule has 2 aliphatic heterocycles. The highest BCUT2D eigenvalue weighted by Gasteiger charge is 2.42. The lowest BCUT2D eigenvalue weighted by Crippen LogP contribution is -2.39. The molecular weight excluding hydrogens is 594 g/mol. The number of alkyl halides is 6. The van der Waals surface area contributed by atoms with Crippen molar-refractivity contribution in [3.05, 3.63) is 77.3 Å². The minimum absolute atomic E-state index is 0.0126. The average molecular weight is 617 g/mol. The molecule has 5 aromatic rings. The molecule has 2 aliphatic rings. The van der Waals surface area contributed by atoms with Gasteiger partial charge in [-0.15, -0.1) is 0 Å². The predicted molar refractivity (Wildman–Crippen MR) is 143 cm³/mol. The number of fused-ring (bicyclic) bond motifs is 3. The molecule has 4 aromatic heterocycles. The van der Waals surface area contributed by atoms with Crippen molar-refractivity contribution in [2.24, 2.45) is 0 Å². The first kappa shape index (κ1) is 28.0. The van der Waals surface area contributed by atoms with Crippen LogP contribution < -0.4 is 9.80 Å². The Balaban J connectivity index is 1.37. The third kappa shape index (κ3) is 5.06. The van der Waals surface area contributed by atoms with E-state index in [1.165, 1.54) is 34.5 Å². The molecular formula is C27H22F6N10O. The Bertz CT molecular complexity index is 1760. The van der Waals surface area contributed by atoms with Crippen LogP contribution in [-0.4, -0.2) is 72.8 Å². The molecule has 7 rings (SSSR count). The first-order valence-electron chi connectivity index (χ1n) is 13.5. The molecule has 1 atom stereocenters. The number of morpholine rings is 1. The van der Waals surface area contributed by atoms with Crippen LogP contribution in [0.3, 0.4) is 0 Å². The van der Waals surface area contributed by atoms with Gasteiger partial charge in [-0.1, -0.05) is 0 Å². The zero-order valence-electron chi connectivity index (χ0n) is 22.6. The highest BCUT2D eigenvalue weighted by molar-refractivity contribution is 5.87. The van der Waals surface area contributed by atoms with Crippen molar-refractivity contribution in [1.29, 1.82) is 0 Å². The molecule has 0 aliphatic carbocycles. The number of aromatic amines is 1. The van der Waals surface area contributed by atoms with Gasteiger partial charge in [0.2, 0.25) is 11.9 Å². The van der Waals surface area contributed by atoms with E-state index in [0.29, 0.717) is 54.7 Å². The first-order chi connectivity index (χ1) is 21.1. The number of halogens is 6. The highest BCUT2D eigenvalue weighted by Crippen LogP contribution is 2.42. The quantitative estimate of drug-likeness (QED) is 0.295. The number of aromatic nitrogens is 8. The molecule has 1 aromatic carbocycles. The normalized spacial score (nSPS) is 17.7. The minimum Gasteiger partial charge on any atom is -0.378 e. The molecule has 1 fully saturated rings. The van der Waals surface area contributed by atoms with Gasteiger partial charge in [0.05, 0.1) is 31.3 Å². The molecule has 0 amide bonds. The summed E-state index contributed by atoms with van der Waals surface area (Å²) in [6.45, 7) is 2.17. The summed E-state index contributed by atoms with van der Waals surface area (Å²) in [6, 6.07) is 4.47. The maximum Gasteiger partial charge on any atom is 0.433 e. The van der Waals surface area contributed by atoms with E-state index in [1.807, 2.05) is 17.0 Å². The molecule has 1 unspecified atom stereocenters. The standard InChI is InChI=1S/C27H22F6N10O/c28-26(29,30)20-12-21(27(31,32)33)40-25(39-20)42-6-3-17-18-11-16(43-36-4-5-37-43)1-2-19(18)38-22(17)23(42)15-13-34-24(35-14-15)41-7-9-44-10-8-41/h1-2,4-5,11-14,23,38H,3,6-10H2. The van der Waals surface area contributed by atoms with E-state index < -0.39 is 35.7 Å². The number of nitrogens with one attached hydrogen (secondary N) is 1. The lowest BCUT2D eigenvalue weighted by atomic mass is 9.94. The van der Waals surface area contributed by atoms with Gasteiger partial charge in [-0.3, -0.25) is 0 Å². The van der Waals surface area contributed by atoms with Gasteiger partial charge in [0.1, 0.15) is 6.04 Å². The predicted octanol–water partition coefficient (Wildman–Crippen LogP) is 4.35. The van der Waals surface area contributed by atoms with Crippen molar-refractivity contribution in [2.45, 2.75) is 24.8 Å². The fourth-order valence-electron chi connectivity index (χ4n) is 5.56. The number of ether oxygens (including phenoxy) is 1. The second-order valence-electron chi connectivity index (χ2n) is 10.3. The minimum atomic E-state index is -5.13. The largest absolute Gasteiger partial charge is 0.433 e. The number of rotatable bonds is 4. The first-order valence-corrected chi connectivity index (χ1v) is 13.5. The monoisotopic (exact) mass is 616 g/mol. The van der Waals surface area contributed by atoms with Crippen LogP contribution in [0, 0.1) is 0 Å². The van der Waals surface area contributed by atoms with Crippen LogP contribution in [-0.2, 0) is 23.5 Å². The Hall–Kier alpha value is -4.80. The Morgan fingerprint density at radius 1 is 0.818 bits per heavy atom. The van der Waals surface area contributed by atoms with E-state index in [1.54, 1.807) is 6.07 Å². The number of H-pyrrole nitrogens is 1. The molecule has 0 spiro atoms. The van der Waals surface area contributed by atoms with Gasteiger partial charge in [-0.2, -0.15) is 41.3 Å². The summed E-state index contributed by atoms with van der Waals surface area (Å²) in [7, 11) is 0. The zero-order valence-corrected chi connectivity index (χ0v) is 22.6. The molecule has 228 valence electrons. The topological polar surface area (TPSA) is 114 Å². The van der Waals surface area contributed by atoms with Gasteiger partial charge in [0.15, 0.2) is 11.4 Å².